The van der Waals surface area contributed by atoms with Gasteiger partial charge in [0, 0.05) is 23.3 Å². The van der Waals surface area contributed by atoms with Crippen LogP contribution in [0.5, 0.6) is 0 Å². The number of aromatic nitrogens is 1. The second-order valence-electron chi connectivity index (χ2n) is 5.31. The van der Waals surface area contributed by atoms with Crippen LogP contribution in [0.15, 0.2) is 40.9 Å². The Kier molecular flexibility index (Phi) is 4.62. The van der Waals surface area contributed by atoms with Crippen molar-refractivity contribution in [1.82, 2.24) is 9.71 Å². The van der Waals surface area contributed by atoms with Gasteiger partial charge in [-0.2, -0.15) is 0 Å². The first-order valence-electron chi connectivity index (χ1n) is 6.11. The molecule has 1 N–H and O–H groups in total. The van der Waals surface area contributed by atoms with Gasteiger partial charge in [0.25, 0.3) is 0 Å². The summed E-state index contributed by atoms with van der Waals surface area (Å²) in [4.78, 5) is 5.21. The summed E-state index contributed by atoms with van der Waals surface area (Å²) in [6.45, 7) is 7.07. The Hall–Kier alpha value is -0.880. The summed E-state index contributed by atoms with van der Waals surface area (Å²) in [5.74, 6) is 0. The molecule has 0 aliphatic heterocycles. The van der Waals surface area contributed by atoms with Crippen molar-refractivity contribution < 1.29 is 4.55 Å². The van der Waals surface area contributed by atoms with Crippen molar-refractivity contribution >= 4 is 22.7 Å². The van der Waals surface area contributed by atoms with Gasteiger partial charge in [0.05, 0.1) is 17.9 Å². The summed E-state index contributed by atoms with van der Waals surface area (Å²) in [6.07, 6.45) is 3.48. The second-order valence-corrected chi connectivity index (χ2v) is 7.92. The maximum Gasteiger partial charge on any atom is 0.227 e. The van der Waals surface area contributed by atoms with Crippen LogP contribution in [0.2, 0.25) is 0 Å². The molecule has 0 saturated heterocycles. The molecule has 0 fully saturated rings. The highest BCUT2D eigenvalue weighted by Gasteiger charge is 2.21. The van der Waals surface area contributed by atoms with Crippen LogP contribution in [0, 0.1) is 0 Å². The Balaban J connectivity index is 1.97. The summed E-state index contributed by atoms with van der Waals surface area (Å²) < 4.78 is 16.1. The summed E-state index contributed by atoms with van der Waals surface area (Å²) >= 11 is 0.458. The van der Waals surface area contributed by atoms with Crippen LogP contribution in [0.3, 0.4) is 0 Å². The first-order valence-corrected chi connectivity index (χ1v) is 8.08. The van der Waals surface area contributed by atoms with Gasteiger partial charge in [-0.15, -0.1) is 4.72 Å². The van der Waals surface area contributed by atoms with E-state index in [2.05, 4.69) is 36.5 Å². The molecule has 0 saturated carbocycles. The largest absolute Gasteiger partial charge is 0.592 e. The molecule has 102 valence electrons. The minimum absolute atomic E-state index is 0.109. The minimum atomic E-state index is -1.15. The van der Waals surface area contributed by atoms with E-state index in [1.54, 1.807) is 23.7 Å². The lowest BCUT2D eigenvalue weighted by Crippen LogP contribution is -2.22. The van der Waals surface area contributed by atoms with Crippen molar-refractivity contribution in [3.63, 3.8) is 0 Å². The summed E-state index contributed by atoms with van der Waals surface area (Å²) in [7, 11) is 0. The van der Waals surface area contributed by atoms with Crippen molar-refractivity contribution in [1.29, 1.82) is 0 Å². The Morgan fingerprint density at radius 3 is 2.47 bits per heavy atom. The number of pyridine rings is 1. The van der Waals surface area contributed by atoms with Crippen molar-refractivity contribution in [2.75, 3.05) is 0 Å². The molecule has 0 radical (unpaired) electrons. The quantitative estimate of drug-likeness (QED) is 0.881. The van der Waals surface area contributed by atoms with E-state index in [-0.39, 0.29) is 5.41 Å². The summed E-state index contributed by atoms with van der Waals surface area (Å²) in [5.41, 5.74) is 1.19. The molecule has 0 aliphatic carbocycles. The zero-order chi connectivity index (χ0) is 13.9. The lowest BCUT2D eigenvalue weighted by molar-refractivity contribution is 0.582. The third-order valence-corrected chi connectivity index (χ3v) is 5.58. The fraction of sp³-hybridized carbons (Fsp3) is 0.357. The average molecular weight is 294 g/mol. The summed E-state index contributed by atoms with van der Waals surface area (Å²) in [5, 5.41) is 0. The van der Waals surface area contributed by atoms with Gasteiger partial charge in [0.2, 0.25) is 4.21 Å². The van der Waals surface area contributed by atoms with Gasteiger partial charge >= 0.3 is 0 Å². The van der Waals surface area contributed by atoms with Gasteiger partial charge in [0.1, 0.15) is 0 Å². The standard InChI is InChI=1S/C14H18N2OS2/c1-14(2,3)12-4-5-13(18-12)19(17)16-10-11-6-8-15-9-7-11/h4-9,16H,10H2,1-3H3. The molecule has 1 atom stereocenters. The molecule has 19 heavy (non-hydrogen) atoms. The molecule has 3 nitrogen and oxygen atoms in total. The second kappa shape index (κ2) is 6.05. The van der Waals surface area contributed by atoms with Gasteiger partial charge in [-0.3, -0.25) is 4.98 Å². The van der Waals surface area contributed by atoms with E-state index in [9.17, 15) is 4.55 Å². The lowest BCUT2D eigenvalue weighted by atomic mass is 9.95. The molecule has 0 bridgehead atoms. The van der Waals surface area contributed by atoms with Crippen LogP contribution in [0.1, 0.15) is 31.2 Å². The zero-order valence-electron chi connectivity index (χ0n) is 11.3. The van der Waals surface area contributed by atoms with Gasteiger partial charge in [-0.1, -0.05) is 32.1 Å². The molecule has 0 spiro atoms. The zero-order valence-corrected chi connectivity index (χ0v) is 13.0. The van der Waals surface area contributed by atoms with Gasteiger partial charge in [0.15, 0.2) is 0 Å². The van der Waals surface area contributed by atoms with E-state index >= 15 is 0 Å². The van der Waals surface area contributed by atoms with Crippen LogP contribution in [-0.2, 0) is 23.3 Å². The summed E-state index contributed by atoms with van der Waals surface area (Å²) in [6, 6.07) is 7.84. The van der Waals surface area contributed by atoms with Gasteiger partial charge < -0.3 is 4.55 Å². The molecule has 5 heteroatoms. The van der Waals surface area contributed by atoms with Crippen LogP contribution in [0.4, 0.5) is 0 Å². The van der Waals surface area contributed by atoms with Crippen LogP contribution < -0.4 is 4.72 Å². The van der Waals surface area contributed by atoms with Crippen LogP contribution in [0.25, 0.3) is 0 Å². The maximum atomic E-state index is 12.2. The molecule has 2 aromatic heterocycles. The maximum absolute atomic E-state index is 12.2. The predicted molar refractivity (Wildman–Crippen MR) is 80.5 cm³/mol. The SMILES string of the molecule is CC(C)(C)c1ccc([S+]([O-])NCc2ccncc2)s1. The first kappa shape index (κ1) is 14.5. The van der Waals surface area contributed by atoms with E-state index in [1.165, 1.54) is 4.88 Å². The number of hydrogen-bond acceptors (Lipinski definition) is 4. The van der Waals surface area contributed by atoms with E-state index in [0.717, 1.165) is 9.77 Å². The Morgan fingerprint density at radius 1 is 1.21 bits per heavy atom. The molecule has 2 aromatic rings. The average Bonchev–Trinajstić information content (AvgIpc) is 2.87. The number of nitrogens with zero attached hydrogens (tertiary/aromatic N) is 1. The highest BCUT2D eigenvalue weighted by molar-refractivity contribution is 7.91. The van der Waals surface area contributed by atoms with Crippen molar-refractivity contribution in [2.45, 2.75) is 36.9 Å². The molecule has 0 aliphatic rings. The predicted octanol–water partition coefficient (Wildman–Crippen LogP) is 3.25. The third-order valence-electron chi connectivity index (χ3n) is 2.66. The molecule has 0 amide bonds. The molecule has 0 aromatic carbocycles. The number of nitrogens with one attached hydrogen (secondary N) is 1. The smallest absolute Gasteiger partial charge is 0.227 e. The number of thiophene rings is 1. The van der Waals surface area contributed by atoms with Gasteiger partial charge in [-0.05, 0) is 29.2 Å². The van der Waals surface area contributed by atoms with Gasteiger partial charge in [-0.25, -0.2) is 0 Å². The first-order chi connectivity index (χ1) is 8.97. The van der Waals surface area contributed by atoms with Crippen molar-refractivity contribution in [3.8, 4) is 0 Å². The van der Waals surface area contributed by atoms with Crippen molar-refractivity contribution in [3.05, 3.63) is 47.1 Å². The third kappa shape index (κ3) is 4.04. The normalized spacial score (nSPS) is 13.5. The molecule has 2 heterocycles. The van der Waals surface area contributed by atoms with E-state index in [0.29, 0.717) is 6.54 Å². The molecular weight excluding hydrogens is 276 g/mol. The van der Waals surface area contributed by atoms with Crippen molar-refractivity contribution in [2.24, 2.45) is 0 Å². The molecule has 2 rings (SSSR count). The van der Waals surface area contributed by atoms with E-state index in [1.807, 2.05) is 18.2 Å². The monoisotopic (exact) mass is 294 g/mol. The minimum Gasteiger partial charge on any atom is -0.592 e. The van der Waals surface area contributed by atoms with Crippen LogP contribution in [-0.4, -0.2) is 9.54 Å². The lowest BCUT2D eigenvalue weighted by Gasteiger charge is -2.15. The van der Waals surface area contributed by atoms with E-state index in [4.69, 9.17) is 0 Å². The van der Waals surface area contributed by atoms with E-state index < -0.39 is 11.4 Å². The molecule has 1 unspecified atom stereocenters. The number of hydrogen-bond donors (Lipinski definition) is 1. The Morgan fingerprint density at radius 2 is 1.89 bits per heavy atom. The Labute approximate surface area is 121 Å². The number of rotatable bonds is 4. The van der Waals surface area contributed by atoms with Crippen LogP contribution >= 0.6 is 11.3 Å². The topological polar surface area (TPSA) is 48.0 Å². The Bertz CT molecular complexity index is 520. The fourth-order valence-corrected chi connectivity index (χ4v) is 3.72. The highest BCUT2D eigenvalue weighted by Crippen LogP contribution is 2.31. The fourth-order valence-electron chi connectivity index (χ4n) is 1.54. The molecular formula is C14H18N2OS2. The highest BCUT2D eigenvalue weighted by atomic mass is 32.2.